The summed E-state index contributed by atoms with van der Waals surface area (Å²) in [7, 11) is 0. The van der Waals surface area contributed by atoms with Gasteiger partial charge in [0.2, 0.25) is 0 Å². The highest BCUT2D eigenvalue weighted by atomic mass is 15.1. The van der Waals surface area contributed by atoms with Gasteiger partial charge in [-0.15, -0.1) is 0 Å². The quantitative estimate of drug-likeness (QED) is 0.764. The lowest BCUT2D eigenvalue weighted by molar-refractivity contribution is 0.591. The number of nitrogens with zero attached hydrogens (tertiary/aromatic N) is 2. The lowest BCUT2D eigenvalue weighted by Gasteiger charge is -2.04. The van der Waals surface area contributed by atoms with Crippen molar-refractivity contribution in [2.24, 2.45) is 11.7 Å². The summed E-state index contributed by atoms with van der Waals surface area (Å²) in [4.78, 5) is 4.13. The highest BCUT2D eigenvalue weighted by molar-refractivity contribution is 5.05. The molecule has 0 aliphatic heterocycles. The van der Waals surface area contributed by atoms with Crippen LogP contribution in [0.2, 0.25) is 0 Å². The fraction of sp³-hybridized carbons (Fsp3) is 0.700. The van der Waals surface area contributed by atoms with E-state index in [1.54, 1.807) is 0 Å². The lowest BCUT2D eigenvalue weighted by atomic mass is 10.2. The summed E-state index contributed by atoms with van der Waals surface area (Å²) in [5.74, 6) is 0.879. The molecule has 3 nitrogen and oxygen atoms in total. The van der Waals surface area contributed by atoms with Gasteiger partial charge in [0.25, 0.3) is 0 Å². The van der Waals surface area contributed by atoms with E-state index in [-0.39, 0.29) is 0 Å². The second-order valence-corrected chi connectivity index (χ2v) is 3.85. The van der Waals surface area contributed by atoms with Crippen LogP contribution in [0.4, 0.5) is 0 Å². The Bertz CT molecular complexity index is 279. The van der Waals surface area contributed by atoms with E-state index in [0.29, 0.717) is 12.6 Å². The van der Waals surface area contributed by atoms with Crippen molar-refractivity contribution in [1.82, 2.24) is 9.55 Å². The van der Waals surface area contributed by atoms with Gasteiger partial charge in [-0.2, -0.15) is 0 Å². The maximum absolute atomic E-state index is 5.62. The van der Waals surface area contributed by atoms with Crippen LogP contribution in [0.15, 0.2) is 12.5 Å². The minimum atomic E-state index is 0.606. The topological polar surface area (TPSA) is 43.8 Å². The molecule has 2 rings (SSSR count). The minimum Gasteiger partial charge on any atom is -0.330 e. The van der Waals surface area contributed by atoms with E-state index in [9.17, 15) is 0 Å². The monoisotopic (exact) mass is 179 g/mol. The number of aromatic nitrogens is 2. The van der Waals surface area contributed by atoms with Crippen molar-refractivity contribution in [2.45, 2.75) is 38.8 Å². The second-order valence-electron chi connectivity index (χ2n) is 3.85. The van der Waals surface area contributed by atoms with Crippen molar-refractivity contribution in [1.29, 1.82) is 0 Å². The Labute approximate surface area is 79.0 Å². The number of imidazole rings is 1. The number of hydrogen-bond donors (Lipinski definition) is 1. The van der Waals surface area contributed by atoms with Gasteiger partial charge < -0.3 is 10.3 Å². The van der Waals surface area contributed by atoms with Gasteiger partial charge >= 0.3 is 0 Å². The third-order valence-corrected chi connectivity index (χ3v) is 2.86. The molecular formula is C10H17N3. The van der Waals surface area contributed by atoms with Crippen molar-refractivity contribution >= 4 is 0 Å². The summed E-state index contributed by atoms with van der Waals surface area (Å²) in [6.07, 6.45) is 7.74. The largest absolute Gasteiger partial charge is 0.330 e. The van der Waals surface area contributed by atoms with Crippen LogP contribution in [0, 0.1) is 5.92 Å². The van der Waals surface area contributed by atoms with Crippen LogP contribution in [0.5, 0.6) is 0 Å². The zero-order valence-electron chi connectivity index (χ0n) is 8.11. The van der Waals surface area contributed by atoms with Crippen molar-refractivity contribution in [3.63, 3.8) is 0 Å². The third kappa shape index (κ3) is 1.61. The fourth-order valence-electron chi connectivity index (χ4n) is 2.04. The molecule has 1 saturated carbocycles. The van der Waals surface area contributed by atoms with Gasteiger partial charge in [0.1, 0.15) is 0 Å². The number of hydrogen-bond acceptors (Lipinski definition) is 2. The van der Waals surface area contributed by atoms with E-state index >= 15 is 0 Å². The van der Waals surface area contributed by atoms with Gasteiger partial charge in [0.15, 0.2) is 0 Å². The maximum Gasteiger partial charge on any atom is 0.0951 e. The Kier molecular flexibility index (Phi) is 2.36. The molecular weight excluding hydrogens is 162 g/mol. The third-order valence-electron chi connectivity index (χ3n) is 2.86. The molecule has 0 aromatic carbocycles. The Morgan fingerprint density at radius 2 is 2.54 bits per heavy atom. The molecule has 1 aromatic heterocycles. The van der Waals surface area contributed by atoms with Gasteiger partial charge in [-0.3, -0.25) is 0 Å². The Morgan fingerprint density at radius 3 is 3.23 bits per heavy atom. The van der Waals surface area contributed by atoms with E-state index in [0.717, 1.165) is 5.92 Å². The van der Waals surface area contributed by atoms with Gasteiger partial charge in [-0.05, 0) is 18.8 Å². The molecule has 0 amide bonds. The minimum absolute atomic E-state index is 0.606. The molecule has 2 unspecified atom stereocenters. The zero-order chi connectivity index (χ0) is 9.26. The molecule has 2 N–H and O–H groups in total. The Hall–Kier alpha value is -0.830. The van der Waals surface area contributed by atoms with Crippen molar-refractivity contribution in [2.75, 3.05) is 0 Å². The summed E-state index contributed by atoms with van der Waals surface area (Å²) in [6.45, 7) is 2.85. The summed E-state index contributed by atoms with van der Waals surface area (Å²) >= 11 is 0. The SMILES string of the molecule is CCCC1CC1n1cncc1CN. The summed E-state index contributed by atoms with van der Waals surface area (Å²) < 4.78 is 2.25. The first-order valence-corrected chi connectivity index (χ1v) is 5.07. The van der Waals surface area contributed by atoms with E-state index in [1.807, 2.05) is 12.5 Å². The molecule has 72 valence electrons. The van der Waals surface area contributed by atoms with Crippen LogP contribution >= 0.6 is 0 Å². The molecule has 1 fully saturated rings. The standard InChI is InChI=1S/C10H17N3/c1-2-3-8-4-10(8)13-7-12-6-9(13)5-11/h6-8,10H,2-5,11H2,1H3. The second kappa shape index (κ2) is 3.50. The van der Waals surface area contributed by atoms with Crippen LogP contribution < -0.4 is 5.73 Å². The molecule has 1 aromatic rings. The molecule has 0 bridgehead atoms. The molecule has 3 heteroatoms. The van der Waals surface area contributed by atoms with E-state index in [4.69, 9.17) is 5.73 Å². The highest BCUT2D eigenvalue weighted by Crippen LogP contribution is 2.46. The zero-order valence-corrected chi connectivity index (χ0v) is 8.11. The Morgan fingerprint density at radius 1 is 1.69 bits per heavy atom. The van der Waals surface area contributed by atoms with Gasteiger partial charge in [0.05, 0.1) is 12.0 Å². The van der Waals surface area contributed by atoms with Crippen molar-refractivity contribution in [3.8, 4) is 0 Å². The van der Waals surface area contributed by atoms with E-state index < -0.39 is 0 Å². The molecule has 2 atom stereocenters. The molecule has 1 aliphatic rings. The number of rotatable bonds is 4. The molecule has 0 radical (unpaired) electrons. The summed E-state index contributed by atoms with van der Waals surface area (Å²) in [6, 6.07) is 0.695. The van der Waals surface area contributed by atoms with E-state index in [2.05, 4.69) is 16.5 Å². The normalized spacial score (nSPS) is 26.3. The van der Waals surface area contributed by atoms with Crippen LogP contribution in [-0.2, 0) is 6.54 Å². The molecule has 1 heterocycles. The first-order chi connectivity index (χ1) is 6.36. The van der Waals surface area contributed by atoms with E-state index in [1.165, 1.54) is 25.0 Å². The van der Waals surface area contributed by atoms with Crippen molar-refractivity contribution < 1.29 is 0 Å². The van der Waals surface area contributed by atoms with Crippen LogP contribution in [0.3, 0.4) is 0 Å². The van der Waals surface area contributed by atoms with Gasteiger partial charge in [0, 0.05) is 18.8 Å². The van der Waals surface area contributed by atoms with Crippen LogP contribution in [0.1, 0.15) is 37.9 Å². The van der Waals surface area contributed by atoms with Crippen LogP contribution in [0.25, 0.3) is 0 Å². The van der Waals surface area contributed by atoms with Gasteiger partial charge in [-0.25, -0.2) is 4.98 Å². The molecule has 1 aliphatic carbocycles. The predicted molar refractivity (Wildman–Crippen MR) is 52.2 cm³/mol. The smallest absolute Gasteiger partial charge is 0.0951 e. The lowest BCUT2D eigenvalue weighted by Crippen LogP contribution is -2.05. The average Bonchev–Trinajstić information content (AvgIpc) is 2.75. The fourth-order valence-corrected chi connectivity index (χ4v) is 2.04. The molecule has 13 heavy (non-hydrogen) atoms. The molecule has 0 saturated heterocycles. The predicted octanol–water partition coefficient (Wildman–Crippen LogP) is 1.70. The summed E-state index contributed by atoms with van der Waals surface area (Å²) in [5, 5.41) is 0. The maximum atomic E-state index is 5.62. The molecule has 0 spiro atoms. The van der Waals surface area contributed by atoms with Crippen molar-refractivity contribution in [3.05, 3.63) is 18.2 Å². The first kappa shape index (κ1) is 8.75. The summed E-state index contributed by atoms with van der Waals surface area (Å²) in [5.41, 5.74) is 6.79. The van der Waals surface area contributed by atoms with Gasteiger partial charge in [-0.1, -0.05) is 13.3 Å². The highest BCUT2D eigenvalue weighted by Gasteiger charge is 2.38. The average molecular weight is 179 g/mol. The Balaban J connectivity index is 2.02. The first-order valence-electron chi connectivity index (χ1n) is 5.07. The van der Waals surface area contributed by atoms with Crippen LogP contribution in [-0.4, -0.2) is 9.55 Å². The number of nitrogens with two attached hydrogens (primary N) is 1.